The summed E-state index contributed by atoms with van der Waals surface area (Å²) in [5, 5.41) is 0. The van der Waals surface area contributed by atoms with E-state index in [-0.39, 0.29) is 11.9 Å². The minimum Gasteiger partial charge on any atom is -0.381 e. The van der Waals surface area contributed by atoms with Crippen molar-refractivity contribution in [1.82, 2.24) is 0 Å². The van der Waals surface area contributed by atoms with Gasteiger partial charge in [-0.25, -0.2) is 4.39 Å². The fourth-order valence-electron chi connectivity index (χ4n) is 1.58. The van der Waals surface area contributed by atoms with Crippen molar-refractivity contribution in [2.45, 2.75) is 32.7 Å². The number of halogens is 1. The summed E-state index contributed by atoms with van der Waals surface area (Å²) in [5.41, 5.74) is 7.06. The number of nitrogens with two attached hydrogens (primary N) is 1. The van der Waals surface area contributed by atoms with E-state index in [1.165, 1.54) is 12.1 Å². The summed E-state index contributed by atoms with van der Waals surface area (Å²) in [6, 6.07) is 6.58. The Labute approximate surface area is 103 Å². The van der Waals surface area contributed by atoms with Gasteiger partial charge in [0.05, 0.1) is 0 Å². The molecule has 0 saturated carbocycles. The van der Waals surface area contributed by atoms with Gasteiger partial charge < -0.3 is 10.5 Å². The van der Waals surface area contributed by atoms with Gasteiger partial charge in [-0.15, -0.1) is 0 Å². The normalized spacial score (nSPS) is 13.0. The lowest BCUT2D eigenvalue weighted by molar-refractivity contribution is 0.104. The summed E-state index contributed by atoms with van der Waals surface area (Å²) in [6.07, 6.45) is 1.61. The van der Waals surface area contributed by atoms with Gasteiger partial charge in [-0.3, -0.25) is 0 Å². The fourth-order valence-corrected chi connectivity index (χ4v) is 1.58. The summed E-state index contributed by atoms with van der Waals surface area (Å²) in [5.74, 6) is 0.353. The molecule has 0 aliphatic rings. The molecule has 2 N–H and O–H groups in total. The van der Waals surface area contributed by atoms with Gasteiger partial charge >= 0.3 is 0 Å². The largest absolute Gasteiger partial charge is 0.381 e. The number of hydrogen-bond donors (Lipinski definition) is 1. The molecule has 0 saturated heterocycles. The average Bonchev–Trinajstić information content (AvgIpc) is 2.27. The van der Waals surface area contributed by atoms with Crippen molar-refractivity contribution in [3.05, 3.63) is 35.6 Å². The van der Waals surface area contributed by atoms with Gasteiger partial charge in [0.2, 0.25) is 0 Å². The lowest BCUT2D eigenvalue weighted by Crippen LogP contribution is -2.25. The summed E-state index contributed by atoms with van der Waals surface area (Å²) in [7, 11) is 0. The Morgan fingerprint density at radius 1 is 1.24 bits per heavy atom. The van der Waals surface area contributed by atoms with Crippen LogP contribution in [0.25, 0.3) is 0 Å². The summed E-state index contributed by atoms with van der Waals surface area (Å²) in [4.78, 5) is 0. The first-order valence-corrected chi connectivity index (χ1v) is 6.15. The van der Waals surface area contributed by atoms with Crippen molar-refractivity contribution in [3.8, 4) is 0 Å². The highest BCUT2D eigenvalue weighted by Gasteiger charge is 2.04. The van der Waals surface area contributed by atoms with E-state index in [0.29, 0.717) is 12.5 Å². The highest BCUT2D eigenvalue weighted by Crippen LogP contribution is 2.06. The predicted octanol–water partition coefficient (Wildman–Crippen LogP) is 2.76. The maximum Gasteiger partial charge on any atom is 0.123 e. The summed E-state index contributed by atoms with van der Waals surface area (Å²) in [6.45, 7) is 5.72. The third kappa shape index (κ3) is 6.39. The Morgan fingerprint density at radius 2 is 1.88 bits per heavy atom. The van der Waals surface area contributed by atoms with E-state index in [2.05, 4.69) is 13.8 Å². The molecule has 1 unspecified atom stereocenters. The Balaban J connectivity index is 2.20. The second-order valence-corrected chi connectivity index (χ2v) is 4.85. The van der Waals surface area contributed by atoms with Crippen LogP contribution in [0.2, 0.25) is 0 Å². The molecule has 0 bridgehead atoms. The third-order valence-electron chi connectivity index (χ3n) is 2.50. The van der Waals surface area contributed by atoms with Crippen LogP contribution < -0.4 is 5.73 Å². The molecule has 17 heavy (non-hydrogen) atoms. The van der Waals surface area contributed by atoms with Crippen LogP contribution in [0.4, 0.5) is 4.39 Å². The number of hydrogen-bond acceptors (Lipinski definition) is 2. The zero-order valence-corrected chi connectivity index (χ0v) is 10.7. The first kappa shape index (κ1) is 14.1. The van der Waals surface area contributed by atoms with E-state index in [9.17, 15) is 4.39 Å². The predicted molar refractivity (Wildman–Crippen MR) is 68.4 cm³/mol. The molecule has 1 aromatic rings. The van der Waals surface area contributed by atoms with Crippen molar-refractivity contribution in [2.75, 3.05) is 13.2 Å². The molecule has 0 aromatic heterocycles. The van der Waals surface area contributed by atoms with E-state index in [4.69, 9.17) is 10.5 Å². The van der Waals surface area contributed by atoms with Crippen LogP contribution in [0.5, 0.6) is 0 Å². The Kier molecular flexibility index (Phi) is 6.16. The lowest BCUT2D eigenvalue weighted by Gasteiger charge is -2.12. The van der Waals surface area contributed by atoms with Crippen molar-refractivity contribution in [1.29, 1.82) is 0 Å². The molecule has 0 heterocycles. The molecule has 1 rings (SSSR count). The van der Waals surface area contributed by atoms with Gasteiger partial charge in [0.25, 0.3) is 0 Å². The highest BCUT2D eigenvalue weighted by molar-refractivity contribution is 5.16. The molecular weight excluding hydrogens is 217 g/mol. The van der Waals surface area contributed by atoms with Crippen LogP contribution in [0, 0.1) is 11.7 Å². The first-order valence-electron chi connectivity index (χ1n) is 6.15. The van der Waals surface area contributed by atoms with Crippen molar-refractivity contribution in [3.63, 3.8) is 0 Å². The highest BCUT2D eigenvalue weighted by atomic mass is 19.1. The number of benzene rings is 1. The van der Waals surface area contributed by atoms with Crippen LogP contribution >= 0.6 is 0 Å². The molecule has 0 aliphatic heterocycles. The van der Waals surface area contributed by atoms with E-state index >= 15 is 0 Å². The topological polar surface area (TPSA) is 35.2 Å². The molecule has 96 valence electrons. The van der Waals surface area contributed by atoms with Crippen LogP contribution in [-0.2, 0) is 11.2 Å². The van der Waals surface area contributed by atoms with Gasteiger partial charge in [-0.2, -0.15) is 0 Å². The van der Waals surface area contributed by atoms with Crippen LogP contribution in [-0.4, -0.2) is 19.3 Å². The number of rotatable bonds is 7. The van der Waals surface area contributed by atoms with Crippen molar-refractivity contribution in [2.24, 2.45) is 11.7 Å². The van der Waals surface area contributed by atoms with Crippen LogP contribution in [0.15, 0.2) is 24.3 Å². The average molecular weight is 239 g/mol. The SMILES string of the molecule is CC(C)COCCC(N)Cc1ccc(F)cc1. The van der Waals surface area contributed by atoms with Crippen LogP contribution in [0.3, 0.4) is 0 Å². The van der Waals surface area contributed by atoms with Gasteiger partial charge in [-0.1, -0.05) is 26.0 Å². The van der Waals surface area contributed by atoms with Gasteiger partial charge in [-0.05, 0) is 36.5 Å². The molecule has 3 heteroatoms. The molecule has 2 nitrogen and oxygen atoms in total. The molecule has 0 radical (unpaired) electrons. The van der Waals surface area contributed by atoms with Crippen molar-refractivity contribution >= 4 is 0 Å². The van der Waals surface area contributed by atoms with E-state index in [0.717, 1.165) is 25.0 Å². The van der Waals surface area contributed by atoms with Gasteiger partial charge in [0, 0.05) is 19.3 Å². The Hall–Kier alpha value is -0.930. The molecule has 0 fully saturated rings. The molecule has 1 aromatic carbocycles. The summed E-state index contributed by atoms with van der Waals surface area (Å²) >= 11 is 0. The second-order valence-electron chi connectivity index (χ2n) is 4.85. The monoisotopic (exact) mass is 239 g/mol. The van der Waals surface area contributed by atoms with Crippen molar-refractivity contribution < 1.29 is 9.13 Å². The molecular formula is C14H22FNO. The van der Waals surface area contributed by atoms with E-state index in [1.54, 1.807) is 12.1 Å². The number of ether oxygens (including phenoxy) is 1. The first-order chi connectivity index (χ1) is 8.08. The molecule has 0 amide bonds. The third-order valence-corrected chi connectivity index (χ3v) is 2.50. The zero-order chi connectivity index (χ0) is 12.7. The van der Waals surface area contributed by atoms with Crippen LogP contribution in [0.1, 0.15) is 25.8 Å². The van der Waals surface area contributed by atoms with E-state index in [1.807, 2.05) is 0 Å². The smallest absolute Gasteiger partial charge is 0.123 e. The zero-order valence-electron chi connectivity index (χ0n) is 10.7. The van der Waals surface area contributed by atoms with Gasteiger partial charge in [0.1, 0.15) is 5.82 Å². The fraction of sp³-hybridized carbons (Fsp3) is 0.571. The van der Waals surface area contributed by atoms with E-state index < -0.39 is 0 Å². The maximum absolute atomic E-state index is 12.7. The maximum atomic E-state index is 12.7. The minimum absolute atomic E-state index is 0.0765. The lowest BCUT2D eigenvalue weighted by atomic mass is 10.0. The Morgan fingerprint density at radius 3 is 2.47 bits per heavy atom. The van der Waals surface area contributed by atoms with Gasteiger partial charge in [0.15, 0.2) is 0 Å². The quantitative estimate of drug-likeness (QED) is 0.743. The Bertz CT molecular complexity index is 311. The molecule has 0 aliphatic carbocycles. The second kappa shape index (κ2) is 7.41. The molecule has 1 atom stereocenters. The minimum atomic E-state index is -0.206. The summed E-state index contributed by atoms with van der Waals surface area (Å²) < 4.78 is 18.2. The molecule has 0 spiro atoms. The standard InChI is InChI=1S/C14H22FNO/c1-11(2)10-17-8-7-14(16)9-12-3-5-13(15)6-4-12/h3-6,11,14H,7-10,16H2,1-2H3.